The van der Waals surface area contributed by atoms with Gasteiger partial charge in [-0.1, -0.05) is 24.3 Å². The van der Waals surface area contributed by atoms with Gasteiger partial charge in [-0.15, -0.1) is 11.3 Å². The van der Waals surface area contributed by atoms with Crippen LogP contribution in [0.2, 0.25) is 0 Å². The van der Waals surface area contributed by atoms with Crippen LogP contribution in [0.3, 0.4) is 0 Å². The maximum atomic E-state index is 15.7. The molecule has 0 spiro atoms. The van der Waals surface area contributed by atoms with Gasteiger partial charge >= 0.3 is 5.97 Å². The summed E-state index contributed by atoms with van der Waals surface area (Å²) in [4.78, 5) is 17.9. The molecule has 3 heterocycles. The summed E-state index contributed by atoms with van der Waals surface area (Å²) >= 11 is 1.47. The standard InChI is InChI=1S/C37H34FN3O4S/c1-19-14-29-34(46-35(40-29)23-9-6-8-21(15-23)22-11-12-28-24(16-22)18-39-41-28)31(30(19)33(36(42)43)45-37(3,4)5)26-17-27(38)32-25(20(26)2)10-7-13-44-32/h6,8-9,11-12,14-18,33H,7,10,13H2,1-5H3,(H,39,41)(H,42,43). The molecular weight excluding hydrogens is 601 g/mol. The normalized spacial score (nSPS) is 14.0. The molecule has 0 aliphatic carbocycles. The number of carboxylic acid groups (broad SMARTS) is 1. The molecule has 7 rings (SSSR count). The molecule has 0 radical (unpaired) electrons. The van der Waals surface area contributed by atoms with Crippen LogP contribution in [-0.4, -0.2) is 38.5 Å². The Balaban J connectivity index is 1.46. The number of rotatable bonds is 6. The van der Waals surface area contributed by atoms with Gasteiger partial charge in [-0.3, -0.25) is 5.10 Å². The minimum atomic E-state index is -1.28. The summed E-state index contributed by atoms with van der Waals surface area (Å²) in [7, 11) is 0. The smallest absolute Gasteiger partial charge is 0.337 e. The Morgan fingerprint density at radius 1 is 1.09 bits per heavy atom. The molecule has 0 amide bonds. The van der Waals surface area contributed by atoms with Crippen LogP contribution < -0.4 is 4.74 Å². The molecule has 1 aliphatic heterocycles. The van der Waals surface area contributed by atoms with Crippen LogP contribution in [0.5, 0.6) is 5.75 Å². The number of fused-ring (bicyclic) bond motifs is 3. The van der Waals surface area contributed by atoms with Gasteiger partial charge < -0.3 is 14.6 Å². The molecule has 0 fully saturated rings. The molecular formula is C37H34FN3O4S. The number of H-pyrrole nitrogens is 1. The Bertz CT molecular complexity index is 2160. The molecule has 7 nitrogen and oxygen atoms in total. The third kappa shape index (κ3) is 5.33. The Morgan fingerprint density at radius 3 is 2.65 bits per heavy atom. The average molecular weight is 636 g/mol. The zero-order valence-corrected chi connectivity index (χ0v) is 27.1. The lowest BCUT2D eigenvalue weighted by molar-refractivity contribution is -0.160. The van der Waals surface area contributed by atoms with Gasteiger partial charge in [-0.25, -0.2) is 14.2 Å². The van der Waals surface area contributed by atoms with Gasteiger partial charge in [0.05, 0.1) is 34.1 Å². The number of carbonyl (C=O) groups is 1. The second kappa shape index (κ2) is 11.3. The number of aliphatic carboxylic acids is 1. The summed E-state index contributed by atoms with van der Waals surface area (Å²) in [5, 5.41) is 19.5. The second-order valence-corrected chi connectivity index (χ2v) is 13.8. The first kappa shape index (κ1) is 30.1. The van der Waals surface area contributed by atoms with E-state index in [2.05, 4.69) is 34.5 Å². The predicted molar refractivity (Wildman–Crippen MR) is 180 cm³/mol. The largest absolute Gasteiger partial charge is 0.490 e. The van der Waals surface area contributed by atoms with Crippen molar-refractivity contribution in [2.24, 2.45) is 0 Å². The number of nitrogens with zero attached hydrogens (tertiary/aromatic N) is 2. The number of hydrogen-bond donors (Lipinski definition) is 2. The average Bonchev–Trinajstić information content (AvgIpc) is 3.68. The molecule has 6 aromatic rings. The Hall–Kier alpha value is -4.60. The highest BCUT2D eigenvalue weighted by molar-refractivity contribution is 7.22. The van der Waals surface area contributed by atoms with E-state index in [-0.39, 0.29) is 5.75 Å². The minimum absolute atomic E-state index is 0.286. The quantitative estimate of drug-likeness (QED) is 0.189. The number of hydrogen-bond acceptors (Lipinski definition) is 6. The van der Waals surface area contributed by atoms with Crippen LogP contribution in [0, 0.1) is 19.7 Å². The van der Waals surface area contributed by atoms with Crippen LogP contribution in [0.15, 0.2) is 60.8 Å². The van der Waals surface area contributed by atoms with Crippen molar-refractivity contribution in [3.8, 4) is 38.6 Å². The summed E-state index contributed by atoms with van der Waals surface area (Å²) < 4.78 is 28.4. The molecule has 2 N–H and O–H groups in total. The summed E-state index contributed by atoms with van der Waals surface area (Å²) in [5.41, 5.74) is 8.15. The molecule has 46 heavy (non-hydrogen) atoms. The summed E-state index contributed by atoms with van der Waals surface area (Å²) in [6, 6.07) is 17.8. The number of halogens is 1. The number of thiazole rings is 1. The van der Waals surface area contributed by atoms with Gasteiger partial charge in [0, 0.05) is 27.6 Å². The highest BCUT2D eigenvalue weighted by Gasteiger charge is 2.34. The lowest BCUT2D eigenvalue weighted by Crippen LogP contribution is -2.28. The highest BCUT2D eigenvalue weighted by atomic mass is 32.1. The fraction of sp³-hybridized carbons (Fsp3) is 0.270. The summed E-state index contributed by atoms with van der Waals surface area (Å²) in [5.74, 6) is -1.27. The number of aromatic amines is 1. The number of nitrogens with one attached hydrogen (secondary N) is 1. The van der Waals surface area contributed by atoms with Gasteiger partial charge in [0.1, 0.15) is 5.01 Å². The van der Waals surface area contributed by atoms with E-state index < -0.39 is 23.5 Å². The number of carboxylic acids is 1. The lowest BCUT2D eigenvalue weighted by Gasteiger charge is -2.29. The van der Waals surface area contributed by atoms with Crippen molar-refractivity contribution in [2.75, 3.05) is 6.61 Å². The van der Waals surface area contributed by atoms with E-state index in [1.165, 1.54) is 17.4 Å². The highest BCUT2D eigenvalue weighted by Crippen LogP contribution is 2.47. The maximum Gasteiger partial charge on any atom is 0.337 e. The molecule has 0 bridgehead atoms. The van der Waals surface area contributed by atoms with Gasteiger partial charge in [-0.05, 0) is 106 Å². The van der Waals surface area contributed by atoms with Crippen molar-refractivity contribution in [1.82, 2.24) is 15.2 Å². The molecule has 234 valence electrons. The van der Waals surface area contributed by atoms with Crippen molar-refractivity contribution in [3.05, 3.63) is 88.9 Å². The Morgan fingerprint density at radius 2 is 1.87 bits per heavy atom. The van der Waals surface area contributed by atoms with E-state index in [0.29, 0.717) is 35.3 Å². The molecule has 1 atom stereocenters. The van der Waals surface area contributed by atoms with Crippen LogP contribution in [0.1, 0.15) is 55.5 Å². The van der Waals surface area contributed by atoms with Crippen molar-refractivity contribution in [3.63, 3.8) is 0 Å². The van der Waals surface area contributed by atoms with Gasteiger partial charge in [0.2, 0.25) is 0 Å². The van der Waals surface area contributed by atoms with Crippen LogP contribution >= 0.6 is 11.3 Å². The molecule has 1 unspecified atom stereocenters. The first-order valence-corrected chi connectivity index (χ1v) is 16.1. The van der Waals surface area contributed by atoms with Gasteiger partial charge in [0.25, 0.3) is 0 Å². The van der Waals surface area contributed by atoms with E-state index in [4.69, 9.17) is 14.5 Å². The second-order valence-electron chi connectivity index (χ2n) is 12.8. The van der Waals surface area contributed by atoms with E-state index in [9.17, 15) is 9.90 Å². The predicted octanol–water partition coefficient (Wildman–Crippen LogP) is 9.20. The third-order valence-corrected chi connectivity index (χ3v) is 9.61. The fourth-order valence-electron chi connectivity index (χ4n) is 6.40. The first-order valence-electron chi connectivity index (χ1n) is 15.3. The zero-order valence-electron chi connectivity index (χ0n) is 26.3. The number of aromatic nitrogens is 3. The molecule has 9 heteroatoms. The van der Waals surface area contributed by atoms with E-state index in [1.54, 1.807) is 0 Å². The van der Waals surface area contributed by atoms with Crippen LogP contribution in [0.4, 0.5) is 4.39 Å². The lowest BCUT2D eigenvalue weighted by atomic mass is 9.86. The van der Waals surface area contributed by atoms with Crippen molar-refractivity contribution < 1.29 is 23.8 Å². The topological polar surface area (TPSA) is 97.3 Å². The number of aryl methyl sites for hydroxylation is 1. The summed E-state index contributed by atoms with van der Waals surface area (Å²) in [6.45, 7) is 9.80. The molecule has 1 aliphatic rings. The zero-order chi connectivity index (χ0) is 32.3. The SMILES string of the molecule is Cc1cc2nc(-c3cccc(-c4ccc5[nH]ncc5c4)c3)sc2c(-c2cc(F)c3c(c2C)CCCO3)c1C(OC(C)(C)C)C(=O)O. The number of benzene rings is 4. The Labute approximate surface area is 270 Å². The monoisotopic (exact) mass is 635 g/mol. The number of ether oxygens (including phenoxy) is 2. The maximum absolute atomic E-state index is 15.7. The minimum Gasteiger partial charge on any atom is -0.490 e. The van der Waals surface area contributed by atoms with Crippen LogP contribution in [0.25, 0.3) is 53.9 Å². The van der Waals surface area contributed by atoms with Crippen molar-refractivity contribution in [1.29, 1.82) is 0 Å². The van der Waals surface area contributed by atoms with E-state index in [1.807, 2.05) is 65.1 Å². The molecule has 0 saturated heterocycles. The Kier molecular flexibility index (Phi) is 7.41. The van der Waals surface area contributed by atoms with Gasteiger partial charge in [-0.2, -0.15) is 5.10 Å². The van der Waals surface area contributed by atoms with Crippen molar-refractivity contribution >= 4 is 38.4 Å². The van der Waals surface area contributed by atoms with Gasteiger partial charge in [0.15, 0.2) is 17.7 Å². The van der Waals surface area contributed by atoms with Crippen LogP contribution in [-0.2, 0) is 16.0 Å². The molecule has 2 aromatic heterocycles. The third-order valence-electron chi connectivity index (χ3n) is 8.47. The summed E-state index contributed by atoms with van der Waals surface area (Å²) in [6.07, 6.45) is 2.00. The van der Waals surface area contributed by atoms with E-state index in [0.717, 1.165) is 60.4 Å². The molecule has 4 aromatic carbocycles. The van der Waals surface area contributed by atoms with E-state index >= 15 is 4.39 Å². The fourth-order valence-corrected chi connectivity index (χ4v) is 7.51. The molecule has 0 saturated carbocycles. The van der Waals surface area contributed by atoms with Crippen molar-refractivity contribution in [2.45, 2.75) is 59.2 Å². The first-order chi connectivity index (χ1) is 22.0.